The summed E-state index contributed by atoms with van der Waals surface area (Å²) in [7, 11) is 0. The lowest BCUT2D eigenvalue weighted by molar-refractivity contribution is 0.0676. The van der Waals surface area contributed by atoms with Crippen LogP contribution in [0.15, 0.2) is 18.2 Å². The number of aromatic nitrogens is 2. The van der Waals surface area contributed by atoms with E-state index in [9.17, 15) is 9.18 Å². The summed E-state index contributed by atoms with van der Waals surface area (Å²) >= 11 is 0. The first-order valence-electron chi connectivity index (χ1n) is 6.04. The Morgan fingerprint density at radius 2 is 2.28 bits per heavy atom. The highest BCUT2D eigenvalue weighted by Crippen LogP contribution is 2.30. The van der Waals surface area contributed by atoms with Crippen molar-refractivity contribution in [3.8, 4) is 0 Å². The van der Waals surface area contributed by atoms with Crippen molar-refractivity contribution in [1.82, 2.24) is 9.55 Å². The Morgan fingerprint density at radius 1 is 1.50 bits per heavy atom. The van der Waals surface area contributed by atoms with Gasteiger partial charge in [0.1, 0.15) is 5.82 Å². The standard InChI is InChI=1S/C13H13FN2O2/c14-9-4-5-11-10(6-9)15-12(13(17)18)16(11)7-8-2-1-3-8/h4-6,8H,1-3,7H2,(H,17,18). The largest absolute Gasteiger partial charge is 0.475 e. The third-order valence-electron chi connectivity index (χ3n) is 3.57. The fraction of sp³-hybridized carbons (Fsp3) is 0.385. The van der Waals surface area contributed by atoms with Crippen molar-refractivity contribution in [3.63, 3.8) is 0 Å². The first-order chi connectivity index (χ1) is 8.65. The lowest BCUT2D eigenvalue weighted by Crippen LogP contribution is -2.20. The van der Waals surface area contributed by atoms with Crippen LogP contribution in [-0.2, 0) is 6.54 Å². The Balaban J connectivity index is 2.11. The molecule has 3 rings (SSSR count). The lowest BCUT2D eigenvalue weighted by atomic mass is 9.85. The fourth-order valence-corrected chi connectivity index (χ4v) is 2.38. The van der Waals surface area contributed by atoms with Gasteiger partial charge >= 0.3 is 5.97 Å². The summed E-state index contributed by atoms with van der Waals surface area (Å²) in [5.41, 5.74) is 1.10. The van der Waals surface area contributed by atoms with Crippen LogP contribution in [-0.4, -0.2) is 20.6 Å². The van der Waals surface area contributed by atoms with Gasteiger partial charge in [0.2, 0.25) is 5.82 Å². The van der Waals surface area contributed by atoms with E-state index in [-0.39, 0.29) is 5.82 Å². The molecule has 1 aromatic heterocycles. The molecule has 0 atom stereocenters. The van der Waals surface area contributed by atoms with Crippen molar-refractivity contribution in [2.45, 2.75) is 25.8 Å². The van der Waals surface area contributed by atoms with Gasteiger partial charge in [-0.25, -0.2) is 14.2 Å². The molecule has 4 nitrogen and oxygen atoms in total. The molecule has 2 aromatic rings. The number of imidazole rings is 1. The van der Waals surface area contributed by atoms with Crippen LogP contribution in [0.1, 0.15) is 29.9 Å². The molecule has 0 spiro atoms. The van der Waals surface area contributed by atoms with Crippen LogP contribution in [0.25, 0.3) is 11.0 Å². The van der Waals surface area contributed by atoms with Gasteiger partial charge in [-0.3, -0.25) is 0 Å². The van der Waals surface area contributed by atoms with Gasteiger partial charge in [-0.1, -0.05) is 6.42 Å². The van der Waals surface area contributed by atoms with Gasteiger partial charge in [-0.2, -0.15) is 0 Å². The SMILES string of the molecule is O=C(O)c1nc2cc(F)ccc2n1CC1CCC1. The van der Waals surface area contributed by atoms with E-state index in [2.05, 4.69) is 4.98 Å². The highest BCUT2D eigenvalue weighted by atomic mass is 19.1. The zero-order chi connectivity index (χ0) is 12.7. The molecule has 1 aromatic carbocycles. The number of benzene rings is 1. The number of carbonyl (C=O) groups is 1. The normalized spacial score (nSPS) is 15.8. The van der Waals surface area contributed by atoms with E-state index < -0.39 is 11.8 Å². The van der Waals surface area contributed by atoms with Gasteiger partial charge in [-0.15, -0.1) is 0 Å². The number of aromatic carboxylic acids is 1. The maximum atomic E-state index is 13.1. The Hall–Kier alpha value is -1.91. The van der Waals surface area contributed by atoms with Crippen molar-refractivity contribution >= 4 is 17.0 Å². The first-order valence-corrected chi connectivity index (χ1v) is 6.04. The summed E-state index contributed by atoms with van der Waals surface area (Å²) in [4.78, 5) is 15.2. The van der Waals surface area contributed by atoms with Crippen molar-refractivity contribution in [3.05, 3.63) is 29.8 Å². The van der Waals surface area contributed by atoms with Crippen molar-refractivity contribution in [2.75, 3.05) is 0 Å². The van der Waals surface area contributed by atoms with Gasteiger partial charge in [0, 0.05) is 12.6 Å². The zero-order valence-corrected chi connectivity index (χ0v) is 9.77. The molecule has 1 heterocycles. The molecule has 18 heavy (non-hydrogen) atoms. The lowest BCUT2D eigenvalue weighted by Gasteiger charge is -2.26. The van der Waals surface area contributed by atoms with E-state index in [1.54, 1.807) is 10.6 Å². The number of halogens is 1. The maximum Gasteiger partial charge on any atom is 0.372 e. The molecule has 0 amide bonds. The van der Waals surface area contributed by atoms with Crippen LogP contribution in [0.4, 0.5) is 4.39 Å². The van der Waals surface area contributed by atoms with Gasteiger partial charge in [0.25, 0.3) is 0 Å². The monoisotopic (exact) mass is 248 g/mol. The average molecular weight is 248 g/mol. The number of hydrogen-bond donors (Lipinski definition) is 1. The number of nitrogens with zero attached hydrogens (tertiary/aromatic N) is 2. The molecule has 0 aliphatic heterocycles. The molecule has 1 aliphatic carbocycles. The second-order valence-corrected chi connectivity index (χ2v) is 4.78. The van der Waals surface area contributed by atoms with E-state index in [4.69, 9.17) is 5.11 Å². The summed E-state index contributed by atoms with van der Waals surface area (Å²) in [5, 5.41) is 9.16. The third-order valence-corrected chi connectivity index (χ3v) is 3.57. The number of rotatable bonds is 3. The molecule has 1 saturated carbocycles. The third kappa shape index (κ3) is 1.75. The van der Waals surface area contributed by atoms with Crippen LogP contribution >= 0.6 is 0 Å². The highest BCUT2D eigenvalue weighted by Gasteiger charge is 2.23. The second kappa shape index (κ2) is 4.08. The van der Waals surface area contributed by atoms with E-state index in [1.807, 2.05) is 0 Å². The van der Waals surface area contributed by atoms with Gasteiger partial charge < -0.3 is 9.67 Å². The van der Waals surface area contributed by atoms with Crippen LogP contribution in [0.2, 0.25) is 0 Å². The van der Waals surface area contributed by atoms with Crippen molar-refractivity contribution in [1.29, 1.82) is 0 Å². The van der Waals surface area contributed by atoms with Gasteiger partial charge in [0.05, 0.1) is 11.0 Å². The maximum absolute atomic E-state index is 13.1. The minimum atomic E-state index is -1.06. The Kier molecular flexibility index (Phi) is 2.54. The van der Waals surface area contributed by atoms with Crippen LogP contribution in [0.5, 0.6) is 0 Å². The average Bonchev–Trinajstić information content (AvgIpc) is 2.61. The predicted molar refractivity (Wildman–Crippen MR) is 64.0 cm³/mol. The topological polar surface area (TPSA) is 55.1 Å². The Bertz CT molecular complexity index is 617. The molecular formula is C13H13FN2O2. The number of hydrogen-bond acceptors (Lipinski definition) is 2. The molecule has 5 heteroatoms. The predicted octanol–water partition coefficient (Wildman–Crippen LogP) is 2.67. The molecule has 94 valence electrons. The number of carboxylic acid groups (broad SMARTS) is 1. The van der Waals surface area contributed by atoms with E-state index >= 15 is 0 Å². The summed E-state index contributed by atoms with van der Waals surface area (Å²) in [6, 6.07) is 4.22. The Morgan fingerprint density at radius 3 is 2.89 bits per heavy atom. The van der Waals surface area contributed by atoms with E-state index in [0.717, 1.165) is 12.8 Å². The zero-order valence-electron chi connectivity index (χ0n) is 9.77. The molecule has 0 bridgehead atoms. The minimum Gasteiger partial charge on any atom is -0.475 e. The molecule has 0 saturated heterocycles. The smallest absolute Gasteiger partial charge is 0.372 e. The fourth-order valence-electron chi connectivity index (χ4n) is 2.38. The second-order valence-electron chi connectivity index (χ2n) is 4.78. The van der Waals surface area contributed by atoms with Crippen LogP contribution < -0.4 is 0 Å². The minimum absolute atomic E-state index is 0.00231. The summed E-state index contributed by atoms with van der Waals surface area (Å²) in [6.07, 6.45) is 3.45. The molecule has 1 aliphatic rings. The van der Waals surface area contributed by atoms with Gasteiger partial charge in [0.15, 0.2) is 0 Å². The summed E-state index contributed by atoms with van der Waals surface area (Å²) < 4.78 is 14.8. The van der Waals surface area contributed by atoms with Crippen molar-refractivity contribution < 1.29 is 14.3 Å². The number of fused-ring (bicyclic) bond motifs is 1. The summed E-state index contributed by atoms with van der Waals surface area (Å²) in [5.74, 6) is -0.938. The summed E-state index contributed by atoms with van der Waals surface area (Å²) in [6.45, 7) is 0.657. The molecule has 1 N–H and O–H groups in total. The van der Waals surface area contributed by atoms with E-state index in [0.29, 0.717) is 23.5 Å². The van der Waals surface area contributed by atoms with Crippen molar-refractivity contribution in [2.24, 2.45) is 5.92 Å². The number of carboxylic acids is 1. The molecule has 0 radical (unpaired) electrons. The Labute approximate surface area is 103 Å². The quantitative estimate of drug-likeness (QED) is 0.908. The van der Waals surface area contributed by atoms with Crippen LogP contribution in [0, 0.1) is 11.7 Å². The van der Waals surface area contributed by atoms with Gasteiger partial charge in [-0.05, 0) is 30.9 Å². The molecule has 1 fully saturated rings. The first kappa shape index (κ1) is 11.2. The molecule has 0 unspecified atom stereocenters. The van der Waals surface area contributed by atoms with E-state index in [1.165, 1.54) is 18.6 Å². The molecular weight excluding hydrogens is 235 g/mol. The highest BCUT2D eigenvalue weighted by molar-refractivity contribution is 5.89. The van der Waals surface area contributed by atoms with Crippen LogP contribution in [0.3, 0.4) is 0 Å².